The van der Waals surface area contributed by atoms with Crippen molar-refractivity contribution in [1.29, 1.82) is 0 Å². The van der Waals surface area contributed by atoms with E-state index in [0.29, 0.717) is 12.2 Å². The van der Waals surface area contributed by atoms with Crippen LogP contribution in [-0.2, 0) is 17.7 Å². The molecule has 0 aliphatic carbocycles. The third-order valence-corrected chi connectivity index (χ3v) is 2.05. The van der Waals surface area contributed by atoms with Crippen molar-refractivity contribution in [3.63, 3.8) is 0 Å². The highest BCUT2D eigenvalue weighted by Gasteiger charge is 2.02. The van der Waals surface area contributed by atoms with Crippen LogP contribution in [0.1, 0.15) is 18.3 Å². The Bertz CT molecular complexity index is 306. The highest BCUT2D eigenvalue weighted by atomic mass is 19.3. The standard InChI is InChI=1S/C11H17F2N3O/c1-2-14-5-9-6-15-11(16-7-9)3-4-17-8-10(12)13/h6-7,10,14H,2-5,8H2,1H3. The Morgan fingerprint density at radius 1 is 1.35 bits per heavy atom. The molecular formula is C11H17F2N3O. The molecule has 1 N–H and O–H groups in total. The molecule has 1 rings (SSSR count). The van der Waals surface area contributed by atoms with Crippen LogP contribution in [0, 0.1) is 0 Å². The van der Waals surface area contributed by atoms with E-state index in [9.17, 15) is 8.78 Å². The van der Waals surface area contributed by atoms with Gasteiger partial charge in [0.2, 0.25) is 0 Å². The molecule has 96 valence electrons. The van der Waals surface area contributed by atoms with Crippen molar-refractivity contribution >= 4 is 0 Å². The summed E-state index contributed by atoms with van der Waals surface area (Å²) in [4.78, 5) is 8.26. The average Bonchev–Trinajstić information content (AvgIpc) is 2.33. The maximum atomic E-state index is 11.8. The lowest BCUT2D eigenvalue weighted by Crippen LogP contribution is -2.13. The highest BCUT2D eigenvalue weighted by Crippen LogP contribution is 1.98. The van der Waals surface area contributed by atoms with Crippen molar-refractivity contribution in [1.82, 2.24) is 15.3 Å². The van der Waals surface area contributed by atoms with E-state index >= 15 is 0 Å². The number of nitrogens with one attached hydrogen (secondary N) is 1. The van der Waals surface area contributed by atoms with Gasteiger partial charge in [0.05, 0.1) is 6.61 Å². The Kier molecular flexibility index (Phi) is 6.57. The summed E-state index contributed by atoms with van der Waals surface area (Å²) in [5.41, 5.74) is 1.00. The van der Waals surface area contributed by atoms with Crippen LogP contribution in [0.4, 0.5) is 8.78 Å². The van der Waals surface area contributed by atoms with E-state index in [0.717, 1.165) is 18.7 Å². The van der Waals surface area contributed by atoms with Gasteiger partial charge in [-0.05, 0) is 6.54 Å². The number of nitrogens with zero attached hydrogens (tertiary/aromatic N) is 2. The Morgan fingerprint density at radius 3 is 2.65 bits per heavy atom. The quantitative estimate of drug-likeness (QED) is 0.703. The van der Waals surface area contributed by atoms with Crippen molar-refractivity contribution in [2.75, 3.05) is 19.8 Å². The minimum atomic E-state index is -2.42. The second-order valence-corrected chi connectivity index (χ2v) is 3.50. The van der Waals surface area contributed by atoms with E-state index in [1.165, 1.54) is 0 Å². The Balaban J connectivity index is 2.25. The molecule has 0 spiro atoms. The van der Waals surface area contributed by atoms with Crippen LogP contribution in [0.25, 0.3) is 0 Å². The Morgan fingerprint density at radius 2 is 2.06 bits per heavy atom. The fourth-order valence-corrected chi connectivity index (χ4v) is 1.21. The van der Waals surface area contributed by atoms with Gasteiger partial charge >= 0.3 is 0 Å². The van der Waals surface area contributed by atoms with Crippen LogP contribution in [-0.4, -0.2) is 36.2 Å². The van der Waals surface area contributed by atoms with Gasteiger partial charge in [0.15, 0.2) is 0 Å². The van der Waals surface area contributed by atoms with Gasteiger partial charge in [-0.2, -0.15) is 0 Å². The van der Waals surface area contributed by atoms with Crippen LogP contribution in [0.15, 0.2) is 12.4 Å². The normalized spacial score (nSPS) is 11.1. The predicted molar refractivity (Wildman–Crippen MR) is 59.9 cm³/mol. The first kappa shape index (κ1) is 13.9. The Hall–Kier alpha value is -1.14. The first-order valence-electron chi connectivity index (χ1n) is 5.58. The minimum absolute atomic E-state index is 0.219. The summed E-state index contributed by atoms with van der Waals surface area (Å²) in [6.07, 6.45) is 1.50. The molecule has 6 heteroatoms. The SMILES string of the molecule is CCNCc1cnc(CCOCC(F)F)nc1. The van der Waals surface area contributed by atoms with Crippen molar-refractivity contribution in [3.05, 3.63) is 23.8 Å². The molecule has 1 aromatic rings. The van der Waals surface area contributed by atoms with Crippen LogP contribution in [0.5, 0.6) is 0 Å². The lowest BCUT2D eigenvalue weighted by molar-refractivity contribution is 0.0183. The molecule has 1 aromatic heterocycles. The van der Waals surface area contributed by atoms with Gasteiger partial charge < -0.3 is 10.1 Å². The largest absolute Gasteiger partial charge is 0.375 e. The molecule has 0 saturated heterocycles. The number of alkyl halides is 2. The van der Waals surface area contributed by atoms with Crippen molar-refractivity contribution in [2.45, 2.75) is 26.3 Å². The minimum Gasteiger partial charge on any atom is -0.375 e. The van der Waals surface area contributed by atoms with Gasteiger partial charge in [0.1, 0.15) is 12.4 Å². The smallest absolute Gasteiger partial charge is 0.261 e. The molecular weight excluding hydrogens is 228 g/mol. The molecule has 0 bridgehead atoms. The zero-order valence-electron chi connectivity index (χ0n) is 9.83. The molecule has 1 heterocycles. The van der Waals surface area contributed by atoms with Crippen LogP contribution in [0.3, 0.4) is 0 Å². The molecule has 17 heavy (non-hydrogen) atoms. The monoisotopic (exact) mass is 245 g/mol. The summed E-state index contributed by atoms with van der Waals surface area (Å²) < 4.78 is 28.3. The zero-order chi connectivity index (χ0) is 12.5. The molecule has 0 radical (unpaired) electrons. The third-order valence-electron chi connectivity index (χ3n) is 2.05. The van der Waals surface area contributed by atoms with Crippen molar-refractivity contribution < 1.29 is 13.5 Å². The van der Waals surface area contributed by atoms with Crippen molar-refractivity contribution in [2.24, 2.45) is 0 Å². The van der Waals surface area contributed by atoms with E-state index < -0.39 is 13.0 Å². The van der Waals surface area contributed by atoms with Gasteiger partial charge in [-0.1, -0.05) is 6.92 Å². The zero-order valence-corrected chi connectivity index (χ0v) is 9.83. The Labute approximate surface area is 99.4 Å². The second kappa shape index (κ2) is 8.03. The van der Waals surface area contributed by atoms with Gasteiger partial charge in [-0.3, -0.25) is 0 Å². The number of rotatable bonds is 8. The first-order chi connectivity index (χ1) is 8.22. The number of ether oxygens (including phenoxy) is 1. The molecule has 0 saturated carbocycles. The number of halogens is 2. The predicted octanol–water partition coefficient (Wildman–Crippen LogP) is 1.41. The lowest BCUT2D eigenvalue weighted by Gasteiger charge is -2.04. The van der Waals surface area contributed by atoms with E-state index in [-0.39, 0.29) is 6.61 Å². The van der Waals surface area contributed by atoms with E-state index in [1.54, 1.807) is 12.4 Å². The van der Waals surface area contributed by atoms with E-state index in [1.807, 2.05) is 6.92 Å². The molecule has 0 unspecified atom stereocenters. The molecule has 0 atom stereocenters. The average molecular weight is 245 g/mol. The molecule has 0 aliphatic rings. The number of hydrogen-bond acceptors (Lipinski definition) is 4. The second-order valence-electron chi connectivity index (χ2n) is 3.50. The maximum absolute atomic E-state index is 11.8. The first-order valence-corrected chi connectivity index (χ1v) is 5.58. The topological polar surface area (TPSA) is 47.0 Å². The van der Waals surface area contributed by atoms with Crippen molar-refractivity contribution in [3.8, 4) is 0 Å². The van der Waals surface area contributed by atoms with E-state index in [4.69, 9.17) is 4.74 Å². The summed E-state index contributed by atoms with van der Waals surface area (Å²) >= 11 is 0. The molecule has 4 nitrogen and oxygen atoms in total. The van der Waals surface area contributed by atoms with Crippen LogP contribution < -0.4 is 5.32 Å². The summed E-state index contributed by atoms with van der Waals surface area (Å²) in [5, 5.41) is 3.16. The summed E-state index contributed by atoms with van der Waals surface area (Å²) in [5.74, 6) is 0.611. The summed E-state index contributed by atoms with van der Waals surface area (Å²) in [6, 6.07) is 0. The molecule has 0 fully saturated rings. The lowest BCUT2D eigenvalue weighted by atomic mass is 10.3. The van der Waals surface area contributed by atoms with E-state index in [2.05, 4.69) is 15.3 Å². The van der Waals surface area contributed by atoms with Crippen LogP contribution in [0.2, 0.25) is 0 Å². The molecule has 0 aliphatic heterocycles. The number of hydrogen-bond donors (Lipinski definition) is 1. The number of aromatic nitrogens is 2. The fraction of sp³-hybridized carbons (Fsp3) is 0.636. The fourth-order valence-electron chi connectivity index (χ4n) is 1.21. The molecule has 0 amide bonds. The third kappa shape index (κ3) is 6.23. The summed E-state index contributed by atoms with van der Waals surface area (Å²) in [7, 11) is 0. The van der Waals surface area contributed by atoms with Crippen LogP contribution >= 0.6 is 0 Å². The van der Waals surface area contributed by atoms with Gasteiger partial charge in [0, 0.05) is 30.9 Å². The maximum Gasteiger partial charge on any atom is 0.261 e. The summed E-state index contributed by atoms with van der Waals surface area (Å²) in [6.45, 7) is 3.34. The van der Waals surface area contributed by atoms with Gasteiger partial charge in [-0.15, -0.1) is 0 Å². The van der Waals surface area contributed by atoms with Gasteiger partial charge in [0.25, 0.3) is 6.43 Å². The van der Waals surface area contributed by atoms with Gasteiger partial charge in [-0.25, -0.2) is 18.7 Å². The highest BCUT2D eigenvalue weighted by molar-refractivity contribution is 5.04. The molecule has 0 aromatic carbocycles.